The van der Waals surface area contributed by atoms with Gasteiger partial charge in [0.1, 0.15) is 5.75 Å². The molecule has 3 rings (SSSR count). The highest BCUT2D eigenvalue weighted by molar-refractivity contribution is 5.45. The fourth-order valence-corrected chi connectivity index (χ4v) is 2.99. The lowest BCUT2D eigenvalue weighted by Gasteiger charge is -2.37. The van der Waals surface area contributed by atoms with Crippen molar-refractivity contribution in [1.29, 1.82) is 0 Å². The Balaban J connectivity index is 2.12. The van der Waals surface area contributed by atoms with Crippen LogP contribution in [0, 0.1) is 0 Å². The molecule has 0 saturated heterocycles. The molecule has 1 N–H and O–H groups in total. The van der Waals surface area contributed by atoms with Crippen molar-refractivity contribution in [1.82, 2.24) is 4.90 Å². The summed E-state index contributed by atoms with van der Waals surface area (Å²) in [6.45, 7) is 3.21. The Hall–Kier alpha value is -1.80. The predicted molar refractivity (Wildman–Crippen MR) is 77.4 cm³/mol. The molecule has 0 radical (unpaired) electrons. The van der Waals surface area contributed by atoms with E-state index in [-0.39, 0.29) is 0 Å². The van der Waals surface area contributed by atoms with Gasteiger partial charge < -0.3 is 5.11 Å². The molecule has 0 saturated carbocycles. The van der Waals surface area contributed by atoms with E-state index in [4.69, 9.17) is 0 Å². The molecule has 19 heavy (non-hydrogen) atoms. The SMILES string of the molecule is CC1c2cc(O)ccc2C(c2ccccc2)CN1C. The lowest BCUT2D eigenvalue weighted by Crippen LogP contribution is -2.34. The summed E-state index contributed by atoms with van der Waals surface area (Å²) >= 11 is 0. The first-order valence-corrected chi connectivity index (χ1v) is 6.75. The second-order valence-corrected chi connectivity index (χ2v) is 5.39. The molecule has 0 aromatic heterocycles. The first-order chi connectivity index (χ1) is 9.16. The number of aromatic hydroxyl groups is 1. The molecule has 0 spiro atoms. The minimum Gasteiger partial charge on any atom is -0.508 e. The van der Waals surface area contributed by atoms with E-state index in [0.29, 0.717) is 17.7 Å². The number of phenols is 1. The standard InChI is InChI=1S/C17H19NO/c1-12-16-10-14(19)8-9-15(16)17(11-18(12)2)13-6-4-3-5-7-13/h3-10,12,17,19H,11H2,1-2H3. The number of phenolic OH excluding ortho intramolecular Hbond substituents is 1. The van der Waals surface area contributed by atoms with E-state index >= 15 is 0 Å². The van der Waals surface area contributed by atoms with Gasteiger partial charge >= 0.3 is 0 Å². The van der Waals surface area contributed by atoms with Gasteiger partial charge in [0.05, 0.1) is 0 Å². The molecular weight excluding hydrogens is 234 g/mol. The molecule has 1 heterocycles. The quantitative estimate of drug-likeness (QED) is 0.840. The second-order valence-electron chi connectivity index (χ2n) is 5.39. The van der Waals surface area contributed by atoms with Crippen LogP contribution in [0.1, 0.15) is 35.6 Å². The van der Waals surface area contributed by atoms with E-state index in [1.54, 1.807) is 6.07 Å². The summed E-state index contributed by atoms with van der Waals surface area (Å²) in [5.41, 5.74) is 3.92. The van der Waals surface area contributed by atoms with Gasteiger partial charge in [-0.2, -0.15) is 0 Å². The third-order valence-electron chi connectivity index (χ3n) is 4.23. The topological polar surface area (TPSA) is 23.5 Å². The van der Waals surface area contributed by atoms with Crippen LogP contribution in [0.4, 0.5) is 0 Å². The molecule has 0 amide bonds. The number of hydrogen-bond donors (Lipinski definition) is 1. The minimum absolute atomic E-state index is 0.349. The first kappa shape index (κ1) is 12.2. The van der Waals surface area contributed by atoms with Gasteiger partial charge in [-0.05, 0) is 42.8 Å². The number of rotatable bonds is 1. The number of benzene rings is 2. The van der Waals surface area contributed by atoms with E-state index in [2.05, 4.69) is 55.3 Å². The van der Waals surface area contributed by atoms with Gasteiger partial charge in [0, 0.05) is 18.5 Å². The van der Waals surface area contributed by atoms with Gasteiger partial charge in [-0.15, -0.1) is 0 Å². The van der Waals surface area contributed by atoms with Crippen LogP contribution in [0.3, 0.4) is 0 Å². The molecular formula is C17H19NO. The van der Waals surface area contributed by atoms with Crippen molar-refractivity contribution in [3.05, 3.63) is 65.2 Å². The highest BCUT2D eigenvalue weighted by atomic mass is 16.3. The minimum atomic E-state index is 0.349. The average molecular weight is 253 g/mol. The lowest BCUT2D eigenvalue weighted by molar-refractivity contribution is 0.233. The van der Waals surface area contributed by atoms with Crippen LogP contribution in [-0.2, 0) is 0 Å². The first-order valence-electron chi connectivity index (χ1n) is 6.75. The fourth-order valence-electron chi connectivity index (χ4n) is 2.99. The zero-order valence-electron chi connectivity index (χ0n) is 11.4. The van der Waals surface area contributed by atoms with E-state index in [1.165, 1.54) is 16.7 Å². The third kappa shape index (κ3) is 2.13. The van der Waals surface area contributed by atoms with Crippen LogP contribution in [0.15, 0.2) is 48.5 Å². The summed E-state index contributed by atoms with van der Waals surface area (Å²) < 4.78 is 0. The Morgan fingerprint density at radius 3 is 2.53 bits per heavy atom. The Morgan fingerprint density at radius 1 is 1.05 bits per heavy atom. The second kappa shape index (κ2) is 4.71. The third-order valence-corrected chi connectivity index (χ3v) is 4.23. The largest absolute Gasteiger partial charge is 0.508 e. The normalized spacial score (nSPS) is 23.1. The number of nitrogens with zero attached hydrogens (tertiary/aromatic N) is 1. The van der Waals surface area contributed by atoms with Crippen LogP contribution in [0.5, 0.6) is 5.75 Å². The summed E-state index contributed by atoms with van der Waals surface area (Å²) in [5.74, 6) is 0.741. The summed E-state index contributed by atoms with van der Waals surface area (Å²) in [5, 5.41) is 9.73. The molecule has 98 valence electrons. The number of fused-ring (bicyclic) bond motifs is 1. The molecule has 2 atom stereocenters. The van der Waals surface area contributed by atoms with Gasteiger partial charge in [-0.1, -0.05) is 36.4 Å². The van der Waals surface area contributed by atoms with Gasteiger partial charge in [0.2, 0.25) is 0 Å². The lowest BCUT2D eigenvalue weighted by atomic mass is 9.82. The van der Waals surface area contributed by atoms with Crippen LogP contribution in [0.25, 0.3) is 0 Å². The summed E-state index contributed by atoms with van der Waals surface area (Å²) in [6, 6.07) is 16.7. The van der Waals surface area contributed by atoms with Crippen LogP contribution in [0.2, 0.25) is 0 Å². The monoisotopic (exact) mass is 253 g/mol. The highest BCUT2D eigenvalue weighted by Crippen LogP contribution is 2.39. The van der Waals surface area contributed by atoms with Crippen LogP contribution < -0.4 is 0 Å². The smallest absolute Gasteiger partial charge is 0.115 e. The Bertz CT molecular complexity index is 579. The molecule has 2 heteroatoms. The van der Waals surface area contributed by atoms with E-state index in [0.717, 1.165) is 6.54 Å². The van der Waals surface area contributed by atoms with Crippen molar-refractivity contribution in [2.75, 3.05) is 13.6 Å². The van der Waals surface area contributed by atoms with Gasteiger partial charge in [-0.3, -0.25) is 4.90 Å². The van der Waals surface area contributed by atoms with Crippen molar-refractivity contribution < 1.29 is 5.11 Å². The Labute approximate surface area is 114 Å². The molecule has 2 nitrogen and oxygen atoms in total. The zero-order chi connectivity index (χ0) is 13.4. The maximum atomic E-state index is 9.73. The maximum absolute atomic E-state index is 9.73. The molecule has 1 aliphatic rings. The van der Waals surface area contributed by atoms with Crippen molar-refractivity contribution >= 4 is 0 Å². The van der Waals surface area contributed by atoms with E-state index in [1.807, 2.05) is 6.07 Å². The zero-order valence-corrected chi connectivity index (χ0v) is 11.4. The van der Waals surface area contributed by atoms with Crippen LogP contribution in [-0.4, -0.2) is 23.6 Å². The number of likely N-dealkylation sites (N-methyl/N-ethyl adjacent to an activating group) is 1. The molecule has 2 aromatic carbocycles. The van der Waals surface area contributed by atoms with Crippen molar-refractivity contribution in [3.8, 4) is 5.75 Å². The summed E-state index contributed by atoms with van der Waals surface area (Å²) in [7, 11) is 2.15. The van der Waals surface area contributed by atoms with E-state index < -0.39 is 0 Å². The van der Waals surface area contributed by atoms with Gasteiger partial charge in [0.15, 0.2) is 0 Å². The van der Waals surface area contributed by atoms with Crippen LogP contribution >= 0.6 is 0 Å². The molecule has 2 aromatic rings. The van der Waals surface area contributed by atoms with Gasteiger partial charge in [-0.25, -0.2) is 0 Å². The molecule has 2 unspecified atom stereocenters. The summed E-state index contributed by atoms with van der Waals surface area (Å²) in [4.78, 5) is 2.35. The predicted octanol–water partition coefficient (Wildman–Crippen LogP) is 3.53. The van der Waals surface area contributed by atoms with Crippen molar-refractivity contribution in [2.45, 2.75) is 18.9 Å². The summed E-state index contributed by atoms with van der Waals surface area (Å²) in [6.07, 6.45) is 0. The fraction of sp³-hybridized carbons (Fsp3) is 0.294. The van der Waals surface area contributed by atoms with E-state index in [9.17, 15) is 5.11 Å². The molecule has 0 fully saturated rings. The Morgan fingerprint density at radius 2 is 1.79 bits per heavy atom. The molecule has 0 bridgehead atoms. The number of hydrogen-bond acceptors (Lipinski definition) is 2. The van der Waals surface area contributed by atoms with Crippen molar-refractivity contribution in [3.63, 3.8) is 0 Å². The van der Waals surface area contributed by atoms with Crippen molar-refractivity contribution in [2.24, 2.45) is 0 Å². The average Bonchev–Trinajstić information content (AvgIpc) is 2.44. The van der Waals surface area contributed by atoms with Gasteiger partial charge in [0.25, 0.3) is 0 Å². The Kier molecular flexibility index (Phi) is 3.03. The molecule has 1 aliphatic heterocycles. The molecule has 0 aliphatic carbocycles. The highest BCUT2D eigenvalue weighted by Gasteiger charge is 2.29. The maximum Gasteiger partial charge on any atom is 0.115 e.